The average Bonchev–Trinajstić information content (AvgIpc) is 2.47. The highest BCUT2D eigenvalue weighted by Crippen LogP contribution is 2.16. The van der Waals surface area contributed by atoms with Gasteiger partial charge in [0.2, 0.25) is 0 Å². The number of Topliss-reactive ketones (excluding diaryl/α,β-unsaturated/α-hetero) is 1. The van der Waals surface area contributed by atoms with Crippen LogP contribution in [-0.2, 0) is 6.42 Å². The van der Waals surface area contributed by atoms with Crippen molar-refractivity contribution in [3.05, 3.63) is 71.7 Å². The normalized spacial score (nSPS) is 10.7. The first-order valence-electron chi connectivity index (χ1n) is 6.53. The van der Waals surface area contributed by atoms with Crippen LogP contribution in [0.5, 0.6) is 0 Å². The Morgan fingerprint density at radius 2 is 2.00 bits per heavy atom. The molecule has 0 N–H and O–H groups in total. The van der Waals surface area contributed by atoms with E-state index in [0.717, 1.165) is 22.3 Å². The first kappa shape index (κ1) is 12.5. The molecule has 1 aromatic carbocycles. The Morgan fingerprint density at radius 1 is 1.10 bits per heavy atom. The molecule has 0 aliphatic heterocycles. The molecule has 0 saturated heterocycles. The summed E-state index contributed by atoms with van der Waals surface area (Å²) in [6.45, 7) is 1.96. The number of aromatic nitrogens is 2. The summed E-state index contributed by atoms with van der Waals surface area (Å²) >= 11 is 0. The number of aryl methyl sites for hydroxylation is 1. The van der Waals surface area contributed by atoms with Gasteiger partial charge in [0.25, 0.3) is 0 Å². The van der Waals surface area contributed by atoms with Crippen LogP contribution in [0.25, 0.3) is 10.9 Å². The molecule has 0 spiro atoms. The molecule has 20 heavy (non-hydrogen) atoms. The molecule has 98 valence electrons. The first-order valence-corrected chi connectivity index (χ1v) is 6.53. The van der Waals surface area contributed by atoms with Crippen molar-refractivity contribution in [3.8, 4) is 0 Å². The van der Waals surface area contributed by atoms with Crippen LogP contribution in [0.15, 0.2) is 54.7 Å². The van der Waals surface area contributed by atoms with Crippen LogP contribution in [0.3, 0.4) is 0 Å². The van der Waals surface area contributed by atoms with Gasteiger partial charge in [0, 0.05) is 28.5 Å². The van der Waals surface area contributed by atoms with Gasteiger partial charge in [-0.3, -0.25) is 14.8 Å². The summed E-state index contributed by atoms with van der Waals surface area (Å²) in [4.78, 5) is 20.9. The standard InChI is InChI=1S/C17H14N2O/c1-12-5-6-13-10-14(7-8-16(13)19-12)17(20)11-15-4-2-3-9-18-15/h2-10H,11H2,1H3. The largest absolute Gasteiger partial charge is 0.294 e. The van der Waals surface area contributed by atoms with Gasteiger partial charge in [0.1, 0.15) is 0 Å². The topological polar surface area (TPSA) is 42.9 Å². The van der Waals surface area contributed by atoms with E-state index in [0.29, 0.717) is 12.0 Å². The average molecular weight is 262 g/mol. The van der Waals surface area contributed by atoms with Gasteiger partial charge in [0.15, 0.2) is 5.78 Å². The van der Waals surface area contributed by atoms with Crippen LogP contribution < -0.4 is 0 Å². The van der Waals surface area contributed by atoms with Crippen LogP contribution in [-0.4, -0.2) is 15.8 Å². The van der Waals surface area contributed by atoms with E-state index in [-0.39, 0.29) is 5.78 Å². The highest BCUT2D eigenvalue weighted by atomic mass is 16.1. The van der Waals surface area contributed by atoms with E-state index in [1.165, 1.54) is 0 Å². The van der Waals surface area contributed by atoms with Crippen molar-refractivity contribution in [1.29, 1.82) is 0 Å². The molecular formula is C17H14N2O. The first-order chi connectivity index (χ1) is 9.72. The highest BCUT2D eigenvalue weighted by molar-refractivity contribution is 6.00. The number of hydrogen-bond donors (Lipinski definition) is 0. The third-order valence-corrected chi connectivity index (χ3v) is 3.22. The number of nitrogens with zero attached hydrogens (tertiary/aromatic N) is 2. The Morgan fingerprint density at radius 3 is 2.80 bits per heavy atom. The molecule has 0 fully saturated rings. The molecule has 0 amide bonds. The Balaban J connectivity index is 1.90. The van der Waals surface area contributed by atoms with Crippen molar-refractivity contribution in [2.45, 2.75) is 13.3 Å². The number of fused-ring (bicyclic) bond motifs is 1. The summed E-state index contributed by atoms with van der Waals surface area (Å²) in [5.41, 5.74) is 3.39. The van der Waals surface area contributed by atoms with Crippen molar-refractivity contribution in [1.82, 2.24) is 9.97 Å². The van der Waals surface area contributed by atoms with Crippen LogP contribution in [0.2, 0.25) is 0 Å². The smallest absolute Gasteiger partial charge is 0.168 e. The number of carbonyl (C=O) groups excluding carboxylic acids is 1. The molecule has 3 heteroatoms. The number of ketones is 1. The number of pyridine rings is 2. The summed E-state index contributed by atoms with van der Waals surface area (Å²) in [6, 6.07) is 15.2. The lowest BCUT2D eigenvalue weighted by molar-refractivity contribution is 0.0992. The molecule has 0 atom stereocenters. The molecule has 2 aromatic heterocycles. The maximum Gasteiger partial charge on any atom is 0.168 e. The lowest BCUT2D eigenvalue weighted by Gasteiger charge is -2.03. The summed E-state index contributed by atoms with van der Waals surface area (Å²) in [5.74, 6) is 0.0752. The molecule has 0 aliphatic carbocycles. The SMILES string of the molecule is Cc1ccc2cc(C(=O)Cc3ccccn3)ccc2n1. The molecule has 0 unspecified atom stereocenters. The second kappa shape index (κ2) is 5.21. The molecule has 2 heterocycles. The summed E-state index contributed by atoms with van der Waals surface area (Å²) in [6.07, 6.45) is 2.03. The monoisotopic (exact) mass is 262 g/mol. The van der Waals surface area contributed by atoms with Crippen molar-refractivity contribution in [2.24, 2.45) is 0 Å². The number of carbonyl (C=O) groups is 1. The number of rotatable bonds is 3. The predicted octanol–water partition coefficient (Wildman–Crippen LogP) is 3.36. The van der Waals surface area contributed by atoms with Crippen LogP contribution >= 0.6 is 0 Å². The molecule has 3 aromatic rings. The molecule has 0 saturated carbocycles. The fraction of sp³-hybridized carbons (Fsp3) is 0.118. The summed E-state index contributed by atoms with van der Waals surface area (Å²) in [5, 5.41) is 0.988. The number of benzene rings is 1. The Kier molecular flexibility index (Phi) is 3.25. The molecule has 0 bridgehead atoms. The lowest BCUT2D eigenvalue weighted by atomic mass is 10.0. The van der Waals surface area contributed by atoms with E-state index in [1.54, 1.807) is 6.20 Å². The second-order valence-corrected chi connectivity index (χ2v) is 4.78. The zero-order chi connectivity index (χ0) is 13.9. The zero-order valence-corrected chi connectivity index (χ0v) is 11.2. The van der Waals surface area contributed by atoms with Crippen molar-refractivity contribution in [3.63, 3.8) is 0 Å². The van der Waals surface area contributed by atoms with Gasteiger partial charge in [-0.15, -0.1) is 0 Å². The van der Waals surface area contributed by atoms with Crippen molar-refractivity contribution < 1.29 is 4.79 Å². The van der Waals surface area contributed by atoms with Gasteiger partial charge in [-0.2, -0.15) is 0 Å². The van der Waals surface area contributed by atoms with Gasteiger partial charge >= 0.3 is 0 Å². The van der Waals surface area contributed by atoms with Crippen LogP contribution in [0.4, 0.5) is 0 Å². The molecule has 0 aliphatic rings. The Hall–Kier alpha value is -2.55. The Labute approximate surface area is 117 Å². The van der Waals surface area contributed by atoms with Gasteiger partial charge in [-0.05, 0) is 43.3 Å². The fourth-order valence-electron chi connectivity index (χ4n) is 2.17. The minimum Gasteiger partial charge on any atom is -0.294 e. The van der Waals surface area contributed by atoms with E-state index in [1.807, 2.05) is 55.5 Å². The molecule has 3 nitrogen and oxygen atoms in total. The minimum absolute atomic E-state index is 0.0752. The predicted molar refractivity (Wildman–Crippen MR) is 78.8 cm³/mol. The van der Waals surface area contributed by atoms with Gasteiger partial charge in [-0.1, -0.05) is 12.1 Å². The van der Waals surface area contributed by atoms with Crippen molar-refractivity contribution in [2.75, 3.05) is 0 Å². The van der Waals surface area contributed by atoms with Crippen LogP contribution in [0.1, 0.15) is 21.7 Å². The van der Waals surface area contributed by atoms with Crippen molar-refractivity contribution >= 4 is 16.7 Å². The quantitative estimate of drug-likeness (QED) is 0.680. The van der Waals surface area contributed by atoms with Gasteiger partial charge in [-0.25, -0.2) is 0 Å². The third-order valence-electron chi connectivity index (χ3n) is 3.22. The number of hydrogen-bond acceptors (Lipinski definition) is 3. The highest BCUT2D eigenvalue weighted by Gasteiger charge is 2.08. The Bertz CT molecular complexity index is 766. The second-order valence-electron chi connectivity index (χ2n) is 4.78. The van der Waals surface area contributed by atoms with Gasteiger partial charge < -0.3 is 0 Å². The summed E-state index contributed by atoms with van der Waals surface area (Å²) < 4.78 is 0. The van der Waals surface area contributed by atoms with E-state index in [9.17, 15) is 4.79 Å². The molecular weight excluding hydrogens is 248 g/mol. The lowest BCUT2D eigenvalue weighted by Crippen LogP contribution is -2.04. The van der Waals surface area contributed by atoms with E-state index in [2.05, 4.69) is 9.97 Å². The van der Waals surface area contributed by atoms with E-state index >= 15 is 0 Å². The summed E-state index contributed by atoms with van der Waals surface area (Å²) in [7, 11) is 0. The van der Waals surface area contributed by atoms with Crippen LogP contribution in [0, 0.1) is 6.92 Å². The van der Waals surface area contributed by atoms with Gasteiger partial charge in [0.05, 0.1) is 11.9 Å². The third kappa shape index (κ3) is 2.57. The minimum atomic E-state index is 0.0752. The fourth-order valence-corrected chi connectivity index (χ4v) is 2.17. The maximum atomic E-state index is 12.3. The maximum absolute atomic E-state index is 12.3. The zero-order valence-electron chi connectivity index (χ0n) is 11.2. The van der Waals surface area contributed by atoms with E-state index < -0.39 is 0 Å². The van der Waals surface area contributed by atoms with E-state index in [4.69, 9.17) is 0 Å². The molecule has 0 radical (unpaired) electrons. The molecule has 3 rings (SSSR count).